The average Bonchev–Trinajstić information content (AvgIpc) is 2.90. The maximum absolute atomic E-state index is 13.4. The van der Waals surface area contributed by atoms with Gasteiger partial charge in [-0.15, -0.1) is 0 Å². The lowest BCUT2D eigenvalue weighted by Crippen LogP contribution is -2.41. The van der Waals surface area contributed by atoms with Crippen LogP contribution in [0.1, 0.15) is 45.3 Å². The summed E-state index contributed by atoms with van der Waals surface area (Å²) in [4.78, 5) is 37.6. The minimum absolute atomic E-state index is 0.0100. The van der Waals surface area contributed by atoms with Gasteiger partial charge in [-0.25, -0.2) is 4.39 Å². The number of rotatable bonds is 7. The molecule has 7 nitrogen and oxygen atoms in total. The average molecular weight is 424 g/mol. The Balaban J connectivity index is 2.33. The Kier molecular flexibility index (Phi) is 7.16. The van der Waals surface area contributed by atoms with Crippen LogP contribution in [0.25, 0.3) is 0 Å². The molecular formula is C20H23ClFN3O4. The predicted molar refractivity (Wildman–Crippen MR) is 108 cm³/mol. The molecule has 9 heteroatoms. The molecule has 0 saturated carbocycles. The van der Waals surface area contributed by atoms with Crippen molar-refractivity contribution in [3.63, 3.8) is 0 Å². The minimum Gasteiger partial charge on any atom is -0.394 e. The summed E-state index contributed by atoms with van der Waals surface area (Å²) >= 11 is 6.26. The molecule has 2 rings (SSSR count). The SMILES string of the molecule is CCC(CO)NC(=O)C(=O)c1c(C)c(C(=O)Nc2ccc(F)c(C)c2)c(Cl)n1C. The number of benzene rings is 1. The molecule has 3 N–H and O–H groups in total. The minimum atomic E-state index is -0.896. The molecule has 1 aromatic carbocycles. The number of anilines is 1. The number of hydrogen-bond acceptors (Lipinski definition) is 4. The number of nitrogens with one attached hydrogen (secondary N) is 2. The highest BCUT2D eigenvalue weighted by atomic mass is 35.5. The molecule has 29 heavy (non-hydrogen) atoms. The Morgan fingerprint density at radius 2 is 1.93 bits per heavy atom. The Hall–Kier alpha value is -2.71. The highest BCUT2D eigenvalue weighted by molar-refractivity contribution is 6.44. The van der Waals surface area contributed by atoms with Crippen molar-refractivity contribution in [1.82, 2.24) is 9.88 Å². The van der Waals surface area contributed by atoms with Gasteiger partial charge in [-0.05, 0) is 49.6 Å². The molecule has 0 radical (unpaired) electrons. The molecule has 156 valence electrons. The molecule has 1 aromatic heterocycles. The van der Waals surface area contributed by atoms with Crippen LogP contribution in [0.4, 0.5) is 10.1 Å². The number of halogens is 2. The van der Waals surface area contributed by atoms with Crippen LogP contribution in [0.3, 0.4) is 0 Å². The number of aliphatic hydroxyl groups is 1. The van der Waals surface area contributed by atoms with Gasteiger partial charge in [0, 0.05) is 12.7 Å². The van der Waals surface area contributed by atoms with Gasteiger partial charge < -0.3 is 20.3 Å². The van der Waals surface area contributed by atoms with Crippen LogP contribution in [0.2, 0.25) is 5.15 Å². The van der Waals surface area contributed by atoms with Crippen molar-refractivity contribution in [3.8, 4) is 0 Å². The molecule has 0 aliphatic heterocycles. The van der Waals surface area contributed by atoms with Gasteiger partial charge in [0.2, 0.25) is 0 Å². The van der Waals surface area contributed by atoms with Crippen LogP contribution in [-0.2, 0) is 11.8 Å². The van der Waals surface area contributed by atoms with Crippen molar-refractivity contribution >= 4 is 34.9 Å². The number of ketones is 1. The van der Waals surface area contributed by atoms with Gasteiger partial charge >= 0.3 is 0 Å². The summed E-state index contributed by atoms with van der Waals surface area (Å²) < 4.78 is 14.7. The smallest absolute Gasteiger partial charge is 0.294 e. The van der Waals surface area contributed by atoms with Crippen LogP contribution in [0, 0.1) is 19.7 Å². The Bertz CT molecular complexity index is 967. The number of Topliss-reactive ketones (excluding diaryl/α,β-unsaturated/α-hetero) is 1. The molecule has 0 aliphatic rings. The fourth-order valence-electron chi connectivity index (χ4n) is 2.93. The van der Waals surface area contributed by atoms with Crippen LogP contribution >= 0.6 is 11.6 Å². The van der Waals surface area contributed by atoms with Gasteiger partial charge in [0.25, 0.3) is 17.6 Å². The van der Waals surface area contributed by atoms with E-state index in [4.69, 9.17) is 11.6 Å². The molecule has 0 aliphatic carbocycles. The van der Waals surface area contributed by atoms with E-state index in [9.17, 15) is 23.9 Å². The number of aliphatic hydroxyl groups excluding tert-OH is 1. The molecule has 1 atom stereocenters. The molecular weight excluding hydrogens is 401 g/mol. The zero-order valence-corrected chi connectivity index (χ0v) is 17.4. The lowest BCUT2D eigenvalue weighted by Gasteiger charge is -2.13. The summed E-state index contributed by atoms with van der Waals surface area (Å²) in [5.74, 6) is -2.75. The Morgan fingerprint density at radius 1 is 1.28 bits per heavy atom. The van der Waals surface area contributed by atoms with Gasteiger partial charge in [0.15, 0.2) is 0 Å². The van der Waals surface area contributed by atoms with Gasteiger partial charge in [-0.2, -0.15) is 0 Å². The molecule has 1 heterocycles. The summed E-state index contributed by atoms with van der Waals surface area (Å²) in [5, 5.41) is 14.3. The molecule has 2 aromatic rings. The monoisotopic (exact) mass is 423 g/mol. The maximum atomic E-state index is 13.4. The molecule has 1 unspecified atom stereocenters. The maximum Gasteiger partial charge on any atom is 0.294 e. The molecule has 2 amide bonds. The first-order valence-electron chi connectivity index (χ1n) is 9.00. The second-order valence-electron chi connectivity index (χ2n) is 6.71. The molecule has 0 fully saturated rings. The third-order valence-corrected chi connectivity index (χ3v) is 5.12. The first-order chi connectivity index (χ1) is 13.6. The van der Waals surface area contributed by atoms with E-state index in [1.807, 2.05) is 0 Å². The van der Waals surface area contributed by atoms with Crippen LogP contribution < -0.4 is 10.6 Å². The lowest BCUT2D eigenvalue weighted by atomic mass is 10.1. The van der Waals surface area contributed by atoms with Gasteiger partial charge in [-0.1, -0.05) is 18.5 Å². The Labute approximate surface area is 172 Å². The van der Waals surface area contributed by atoms with Crippen molar-refractivity contribution in [2.75, 3.05) is 11.9 Å². The van der Waals surface area contributed by atoms with E-state index in [2.05, 4.69) is 10.6 Å². The number of amides is 2. The van der Waals surface area contributed by atoms with Crippen molar-refractivity contribution in [2.45, 2.75) is 33.2 Å². The number of aryl methyl sites for hydroxylation is 1. The van der Waals surface area contributed by atoms with Gasteiger partial charge in [0.05, 0.1) is 23.9 Å². The third kappa shape index (κ3) is 4.65. The second-order valence-corrected chi connectivity index (χ2v) is 7.06. The van der Waals surface area contributed by atoms with E-state index < -0.39 is 29.5 Å². The number of carbonyl (C=O) groups is 3. The first-order valence-corrected chi connectivity index (χ1v) is 9.38. The van der Waals surface area contributed by atoms with Crippen molar-refractivity contribution in [1.29, 1.82) is 0 Å². The summed E-state index contributed by atoms with van der Waals surface area (Å²) in [6, 6.07) is 3.56. The number of carbonyl (C=O) groups excluding carboxylic acids is 3. The van der Waals surface area contributed by atoms with Crippen molar-refractivity contribution in [2.24, 2.45) is 7.05 Å². The fraction of sp³-hybridized carbons (Fsp3) is 0.350. The largest absolute Gasteiger partial charge is 0.394 e. The third-order valence-electron chi connectivity index (χ3n) is 4.68. The van der Waals surface area contributed by atoms with E-state index in [-0.39, 0.29) is 28.6 Å². The van der Waals surface area contributed by atoms with E-state index in [0.717, 1.165) is 0 Å². The number of aromatic nitrogens is 1. The van der Waals surface area contributed by atoms with E-state index in [1.165, 1.54) is 36.7 Å². The topological polar surface area (TPSA) is 100 Å². The van der Waals surface area contributed by atoms with Crippen molar-refractivity contribution < 1.29 is 23.9 Å². The summed E-state index contributed by atoms with van der Waals surface area (Å²) in [6.07, 6.45) is 0.452. The van der Waals surface area contributed by atoms with Crippen LogP contribution in [0.5, 0.6) is 0 Å². The number of nitrogens with zero attached hydrogens (tertiary/aromatic N) is 1. The lowest BCUT2D eigenvalue weighted by molar-refractivity contribution is -0.118. The summed E-state index contributed by atoms with van der Waals surface area (Å²) in [6.45, 7) is 4.54. The Morgan fingerprint density at radius 3 is 2.48 bits per heavy atom. The zero-order chi connectivity index (χ0) is 21.9. The van der Waals surface area contributed by atoms with E-state index in [0.29, 0.717) is 17.7 Å². The van der Waals surface area contributed by atoms with Crippen LogP contribution in [0.15, 0.2) is 18.2 Å². The molecule has 0 spiro atoms. The first kappa shape index (κ1) is 22.6. The number of hydrogen-bond donors (Lipinski definition) is 3. The second kappa shape index (κ2) is 9.19. The summed E-state index contributed by atoms with van der Waals surface area (Å²) in [5.41, 5.74) is 0.987. The highest BCUT2D eigenvalue weighted by Crippen LogP contribution is 2.28. The predicted octanol–water partition coefficient (Wildman–Crippen LogP) is 2.76. The van der Waals surface area contributed by atoms with E-state index >= 15 is 0 Å². The molecule has 0 saturated heterocycles. The highest BCUT2D eigenvalue weighted by Gasteiger charge is 2.30. The normalized spacial score (nSPS) is 11.8. The standard InChI is InChI=1S/C20H23ClFN3O4/c1-5-12(9-26)23-20(29)17(27)16-11(3)15(18(21)25(16)4)19(28)24-13-6-7-14(22)10(2)8-13/h6-8,12,26H,5,9H2,1-4H3,(H,23,29)(H,24,28). The van der Waals surface area contributed by atoms with E-state index in [1.54, 1.807) is 13.8 Å². The zero-order valence-electron chi connectivity index (χ0n) is 16.6. The van der Waals surface area contributed by atoms with Crippen molar-refractivity contribution in [3.05, 3.63) is 51.6 Å². The quantitative estimate of drug-likeness (QED) is 0.471. The van der Waals surface area contributed by atoms with Gasteiger partial charge in [-0.3, -0.25) is 14.4 Å². The fourth-order valence-corrected chi connectivity index (χ4v) is 3.24. The van der Waals surface area contributed by atoms with Gasteiger partial charge in [0.1, 0.15) is 11.0 Å². The van der Waals surface area contributed by atoms with Crippen LogP contribution in [-0.4, -0.2) is 39.9 Å². The molecule has 0 bridgehead atoms. The summed E-state index contributed by atoms with van der Waals surface area (Å²) in [7, 11) is 1.47.